The monoisotopic (exact) mass is 430 g/mol. The third-order valence-corrected chi connectivity index (χ3v) is 6.07. The fourth-order valence-electron chi connectivity index (χ4n) is 3.36. The molecule has 1 amide bonds. The zero-order chi connectivity index (χ0) is 20.2. The predicted molar refractivity (Wildman–Crippen MR) is 114 cm³/mol. The van der Waals surface area contributed by atoms with Crippen LogP contribution in [-0.4, -0.2) is 28.4 Å². The van der Waals surface area contributed by atoms with Crippen molar-refractivity contribution in [2.24, 2.45) is 5.92 Å². The van der Waals surface area contributed by atoms with Crippen molar-refractivity contribution in [1.82, 2.24) is 9.36 Å². The van der Waals surface area contributed by atoms with Gasteiger partial charge in [0.1, 0.15) is 11.6 Å². The lowest BCUT2D eigenvalue weighted by Gasteiger charge is -2.30. The Morgan fingerprint density at radius 3 is 2.62 bits per heavy atom. The van der Waals surface area contributed by atoms with Gasteiger partial charge in [-0.2, -0.15) is 4.37 Å². The number of halogens is 2. The van der Waals surface area contributed by atoms with Gasteiger partial charge in [0.15, 0.2) is 0 Å². The lowest BCUT2D eigenvalue weighted by Crippen LogP contribution is -2.38. The van der Waals surface area contributed by atoms with Gasteiger partial charge in [0.2, 0.25) is 11.0 Å². The van der Waals surface area contributed by atoms with Crippen molar-refractivity contribution < 1.29 is 9.18 Å². The van der Waals surface area contributed by atoms with E-state index in [1.807, 2.05) is 24.3 Å². The third-order valence-electron chi connectivity index (χ3n) is 5.00. The molecule has 0 bridgehead atoms. The summed E-state index contributed by atoms with van der Waals surface area (Å²) in [6.07, 6.45) is 2.06. The first-order valence-corrected chi connectivity index (χ1v) is 10.6. The van der Waals surface area contributed by atoms with E-state index in [4.69, 9.17) is 11.6 Å². The highest BCUT2D eigenvalue weighted by Crippen LogP contribution is 2.26. The van der Waals surface area contributed by atoms with Crippen molar-refractivity contribution >= 4 is 39.9 Å². The van der Waals surface area contributed by atoms with Crippen LogP contribution < -0.4 is 10.2 Å². The van der Waals surface area contributed by atoms with Crippen LogP contribution in [0.5, 0.6) is 0 Å². The molecule has 150 valence electrons. The zero-order valence-corrected chi connectivity index (χ0v) is 17.2. The minimum Gasteiger partial charge on any atom is -0.347 e. The van der Waals surface area contributed by atoms with Gasteiger partial charge in [-0.25, -0.2) is 9.37 Å². The number of hydrogen-bond acceptors (Lipinski definition) is 5. The van der Waals surface area contributed by atoms with E-state index in [9.17, 15) is 9.18 Å². The van der Waals surface area contributed by atoms with Gasteiger partial charge in [-0.3, -0.25) is 4.79 Å². The molecule has 0 radical (unpaired) electrons. The van der Waals surface area contributed by atoms with E-state index >= 15 is 0 Å². The summed E-state index contributed by atoms with van der Waals surface area (Å²) in [4.78, 5) is 19.3. The molecule has 1 aliphatic rings. The number of anilines is 2. The number of hydrogen-bond donors (Lipinski definition) is 1. The molecule has 4 rings (SSSR count). The van der Waals surface area contributed by atoms with Crippen molar-refractivity contribution in [1.29, 1.82) is 0 Å². The summed E-state index contributed by atoms with van der Waals surface area (Å²) in [7, 11) is 0. The summed E-state index contributed by atoms with van der Waals surface area (Å²) in [5.41, 5.74) is 1.35. The van der Waals surface area contributed by atoms with Crippen LogP contribution in [-0.2, 0) is 11.2 Å². The molecule has 0 saturated carbocycles. The first-order valence-electron chi connectivity index (χ1n) is 9.46. The second-order valence-corrected chi connectivity index (χ2v) is 8.19. The molecular weight excluding hydrogens is 411 g/mol. The highest BCUT2D eigenvalue weighted by molar-refractivity contribution is 7.09. The van der Waals surface area contributed by atoms with Gasteiger partial charge in [0.25, 0.3) is 0 Å². The zero-order valence-electron chi connectivity index (χ0n) is 15.6. The van der Waals surface area contributed by atoms with Crippen LogP contribution in [0, 0.1) is 11.7 Å². The van der Waals surface area contributed by atoms with Crippen LogP contribution in [0.15, 0.2) is 48.5 Å². The Hall–Kier alpha value is -2.51. The molecule has 0 unspecified atom stereocenters. The number of carbonyl (C=O) groups is 1. The Morgan fingerprint density at radius 2 is 1.90 bits per heavy atom. The van der Waals surface area contributed by atoms with E-state index in [1.165, 1.54) is 17.6 Å². The number of rotatable bonds is 5. The van der Waals surface area contributed by atoms with Crippen LogP contribution >= 0.6 is 23.1 Å². The lowest BCUT2D eigenvalue weighted by atomic mass is 9.96. The van der Waals surface area contributed by atoms with Gasteiger partial charge in [0, 0.05) is 42.0 Å². The molecule has 5 nitrogen and oxygen atoms in total. The summed E-state index contributed by atoms with van der Waals surface area (Å²) in [6.45, 7) is 1.45. The molecule has 3 aromatic rings. The Balaban J connectivity index is 1.31. The fourth-order valence-corrected chi connectivity index (χ4v) is 4.22. The molecule has 1 N–H and O–H groups in total. The fraction of sp³-hybridized carbons (Fsp3) is 0.286. The van der Waals surface area contributed by atoms with Crippen LogP contribution in [0.3, 0.4) is 0 Å². The molecule has 2 aromatic carbocycles. The van der Waals surface area contributed by atoms with Gasteiger partial charge >= 0.3 is 0 Å². The van der Waals surface area contributed by atoms with Crippen molar-refractivity contribution in [2.45, 2.75) is 19.3 Å². The van der Waals surface area contributed by atoms with Crippen molar-refractivity contribution in [3.8, 4) is 0 Å². The lowest BCUT2D eigenvalue weighted by molar-refractivity contribution is -0.120. The number of para-hydroxylation sites is 1. The molecule has 2 heterocycles. The van der Waals surface area contributed by atoms with E-state index in [0.717, 1.165) is 29.6 Å². The number of nitrogens with zero attached hydrogens (tertiary/aromatic N) is 3. The molecule has 0 spiro atoms. The Bertz CT molecular complexity index is 986. The maximum absolute atomic E-state index is 13.7. The first-order chi connectivity index (χ1) is 14.1. The van der Waals surface area contributed by atoms with Gasteiger partial charge < -0.3 is 10.2 Å². The average molecular weight is 431 g/mol. The van der Waals surface area contributed by atoms with Gasteiger partial charge in [-0.1, -0.05) is 35.9 Å². The van der Waals surface area contributed by atoms with E-state index in [-0.39, 0.29) is 17.5 Å². The van der Waals surface area contributed by atoms with Crippen LogP contribution in [0.4, 0.5) is 15.2 Å². The minimum atomic E-state index is -0.416. The van der Waals surface area contributed by atoms with Crippen molar-refractivity contribution in [3.63, 3.8) is 0 Å². The Morgan fingerprint density at radius 1 is 1.17 bits per heavy atom. The topological polar surface area (TPSA) is 58.1 Å². The van der Waals surface area contributed by atoms with Crippen molar-refractivity contribution in [3.05, 3.63) is 70.8 Å². The second kappa shape index (κ2) is 8.88. The van der Waals surface area contributed by atoms with Gasteiger partial charge in [-0.15, -0.1) is 0 Å². The molecule has 1 saturated heterocycles. The third kappa shape index (κ3) is 4.92. The summed E-state index contributed by atoms with van der Waals surface area (Å²) in [6, 6.07) is 13.9. The predicted octanol–water partition coefficient (Wildman–Crippen LogP) is 4.78. The normalized spacial score (nSPS) is 14.8. The molecule has 0 aliphatic carbocycles. The Kier molecular flexibility index (Phi) is 6.06. The number of benzene rings is 2. The van der Waals surface area contributed by atoms with Gasteiger partial charge in [-0.05, 0) is 42.7 Å². The number of nitrogens with one attached hydrogen (secondary N) is 1. The summed E-state index contributed by atoms with van der Waals surface area (Å²) < 4.78 is 18.2. The summed E-state index contributed by atoms with van der Waals surface area (Å²) in [5, 5.41) is 4.29. The van der Waals surface area contributed by atoms with E-state index in [1.54, 1.807) is 18.2 Å². The summed E-state index contributed by atoms with van der Waals surface area (Å²) in [5.74, 6) is 0.106. The highest BCUT2D eigenvalue weighted by Gasteiger charge is 2.27. The SMILES string of the molecule is O=C(Nc1ccccc1F)C1CCN(c2nc(Cc3ccc(Cl)cc3)ns2)CC1. The molecule has 1 fully saturated rings. The molecule has 29 heavy (non-hydrogen) atoms. The number of carbonyl (C=O) groups excluding carboxylic acids is 1. The molecule has 1 aromatic heterocycles. The molecule has 0 atom stereocenters. The average Bonchev–Trinajstić information content (AvgIpc) is 3.20. The number of amides is 1. The van der Waals surface area contributed by atoms with E-state index in [2.05, 4.69) is 19.6 Å². The maximum Gasteiger partial charge on any atom is 0.227 e. The second-order valence-electron chi connectivity index (χ2n) is 7.03. The summed E-state index contributed by atoms with van der Waals surface area (Å²) >= 11 is 7.31. The van der Waals surface area contributed by atoms with Gasteiger partial charge in [0.05, 0.1) is 5.69 Å². The standard InChI is InChI=1S/C21H20ClFN4OS/c22-16-7-5-14(6-8-16)13-19-25-21(29-26-19)27-11-9-15(10-12-27)20(28)24-18-4-2-1-3-17(18)23/h1-8,15H,9-13H2,(H,24,28). The maximum atomic E-state index is 13.7. The number of piperidine rings is 1. The molecule has 1 aliphatic heterocycles. The molecular formula is C21H20ClFN4OS. The van der Waals surface area contributed by atoms with Crippen LogP contribution in [0.25, 0.3) is 0 Å². The first kappa shape index (κ1) is 19.8. The highest BCUT2D eigenvalue weighted by atomic mass is 35.5. The van der Waals surface area contributed by atoms with E-state index < -0.39 is 5.82 Å². The quantitative estimate of drug-likeness (QED) is 0.633. The Labute approximate surface area is 177 Å². The van der Waals surface area contributed by atoms with E-state index in [0.29, 0.717) is 24.3 Å². The smallest absolute Gasteiger partial charge is 0.227 e. The van der Waals surface area contributed by atoms with Crippen LogP contribution in [0.1, 0.15) is 24.2 Å². The molecule has 8 heteroatoms. The minimum absolute atomic E-state index is 0.129. The van der Waals surface area contributed by atoms with Crippen LogP contribution in [0.2, 0.25) is 5.02 Å². The number of aromatic nitrogens is 2. The van der Waals surface area contributed by atoms with Crippen molar-refractivity contribution in [2.75, 3.05) is 23.3 Å². The largest absolute Gasteiger partial charge is 0.347 e.